The van der Waals surface area contributed by atoms with Gasteiger partial charge in [-0.05, 0) is 66.8 Å². The molecule has 0 unspecified atom stereocenters. The SMILES string of the molecule is COc1cc([C@@H]2C3=C(C[C@@H](c4ccc(O)cc4)CC3=O)Nc3c2c(C)nn3-c2ccccc2)ccc1O. The molecule has 2 atom stereocenters. The van der Waals surface area contributed by atoms with Crippen LogP contribution in [0.5, 0.6) is 17.2 Å². The summed E-state index contributed by atoms with van der Waals surface area (Å²) in [6, 6.07) is 22.3. The molecule has 0 amide bonds. The number of nitrogens with one attached hydrogen (secondary N) is 1. The number of phenolic OH excluding ortho intramolecular Hbond substituents is 2. The molecule has 1 aromatic heterocycles. The molecule has 2 aliphatic rings. The number of ether oxygens (including phenoxy) is 1. The number of hydrogen-bond donors (Lipinski definition) is 3. The molecule has 1 aliphatic carbocycles. The van der Waals surface area contributed by atoms with Crippen LogP contribution in [-0.2, 0) is 4.79 Å². The maximum Gasteiger partial charge on any atom is 0.162 e. The molecular weight excluding hydrogens is 466 g/mol. The van der Waals surface area contributed by atoms with E-state index in [2.05, 4.69) is 5.32 Å². The zero-order valence-corrected chi connectivity index (χ0v) is 20.6. The second-order valence-corrected chi connectivity index (χ2v) is 9.60. The Morgan fingerprint density at radius 3 is 2.43 bits per heavy atom. The van der Waals surface area contributed by atoms with Crippen molar-refractivity contribution < 1.29 is 19.7 Å². The molecule has 2 heterocycles. The number of rotatable bonds is 4. The van der Waals surface area contributed by atoms with E-state index in [9.17, 15) is 15.0 Å². The molecular formula is C30H27N3O4. The summed E-state index contributed by atoms with van der Waals surface area (Å²) in [6.07, 6.45) is 1.02. The van der Waals surface area contributed by atoms with Gasteiger partial charge >= 0.3 is 0 Å². The Kier molecular flexibility index (Phi) is 5.48. The maximum absolute atomic E-state index is 13.8. The smallest absolute Gasteiger partial charge is 0.162 e. The molecule has 1 aliphatic heterocycles. The van der Waals surface area contributed by atoms with Gasteiger partial charge in [-0.1, -0.05) is 36.4 Å². The minimum absolute atomic E-state index is 0.00917. The minimum Gasteiger partial charge on any atom is -0.508 e. The van der Waals surface area contributed by atoms with Gasteiger partial charge in [0.2, 0.25) is 0 Å². The fourth-order valence-electron chi connectivity index (χ4n) is 5.62. The number of Topliss-reactive ketones (excluding diaryl/α,β-unsaturated/α-hetero) is 1. The summed E-state index contributed by atoms with van der Waals surface area (Å²) in [5.41, 5.74) is 6.15. The van der Waals surface area contributed by atoms with Gasteiger partial charge in [-0.25, -0.2) is 4.68 Å². The van der Waals surface area contributed by atoms with Crippen molar-refractivity contribution in [3.8, 4) is 22.9 Å². The fourth-order valence-corrected chi connectivity index (χ4v) is 5.62. The van der Waals surface area contributed by atoms with Crippen LogP contribution in [-0.4, -0.2) is 32.9 Å². The summed E-state index contributed by atoms with van der Waals surface area (Å²) in [4.78, 5) is 13.8. The molecule has 0 radical (unpaired) electrons. The van der Waals surface area contributed by atoms with E-state index in [0.29, 0.717) is 18.6 Å². The average Bonchev–Trinajstić information content (AvgIpc) is 3.24. The van der Waals surface area contributed by atoms with E-state index < -0.39 is 0 Å². The van der Waals surface area contributed by atoms with E-state index in [0.717, 1.165) is 45.2 Å². The van der Waals surface area contributed by atoms with Gasteiger partial charge in [0.1, 0.15) is 11.6 Å². The number of methoxy groups -OCH3 is 1. The van der Waals surface area contributed by atoms with Crippen molar-refractivity contribution in [3.63, 3.8) is 0 Å². The standard InChI is InChI=1S/C30H27N3O4/c1-17-27-28(19-10-13-24(35)26(16-19)37-2)29-23(31-30(27)33(32-17)21-6-4-3-5-7-21)14-20(15-25(29)36)18-8-11-22(34)12-9-18/h3-13,16,20,28,31,34-35H,14-15H2,1-2H3/t20-,28+/m1/s1. The van der Waals surface area contributed by atoms with Gasteiger partial charge in [-0.2, -0.15) is 5.10 Å². The lowest BCUT2D eigenvalue weighted by Gasteiger charge is -2.36. The van der Waals surface area contributed by atoms with Gasteiger partial charge in [-0.15, -0.1) is 0 Å². The number of fused-ring (bicyclic) bond motifs is 1. The van der Waals surface area contributed by atoms with Gasteiger partial charge in [0.05, 0.1) is 18.5 Å². The summed E-state index contributed by atoms with van der Waals surface area (Å²) in [7, 11) is 1.52. The summed E-state index contributed by atoms with van der Waals surface area (Å²) in [5, 5.41) is 28.5. The van der Waals surface area contributed by atoms with E-state index in [1.165, 1.54) is 7.11 Å². The van der Waals surface area contributed by atoms with Crippen LogP contribution in [0.15, 0.2) is 84.1 Å². The fraction of sp³-hybridized carbons (Fsp3) is 0.200. The van der Waals surface area contributed by atoms with Crippen LogP contribution in [0, 0.1) is 6.92 Å². The third-order valence-corrected chi connectivity index (χ3v) is 7.36. The first-order chi connectivity index (χ1) is 17.9. The number of anilines is 1. The number of aromatic hydroxyl groups is 2. The third kappa shape index (κ3) is 3.83. The van der Waals surface area contributed by atoms with Crippen molar-refractivity contribution in [1.82, 2.24) is 9.78 Å². The number of nitrogens with zero attached hydrogens (tertiary/aromatic N) is 2. The Labute approximate surface area is 214 Å². The van der Waals surface area contributed by atoms with Gasteiger partial charge in [0.15, 0.2) is 17.3 Å². The number of para-hydroxylation sites is 1. The number of allylic oxidation sites excluding steroid dienone is 2. The van der Waals surface area contributed by atoms with Crippen molar-refractivity contribution >= 4 is 11.6 Å². The van der Waals surface area contributed by atoms with E-state index in [1.54, 1.807) is 24.3 Å². The summed E-state index contributed by atoms with van der Waals surface area (Å²) >= 11 is 0. The first kappa shape index (κ1) is 22.9. The van der Waals surface area contributed by atoms with Crippen LogP contribution in [0.2, 0.25) is 0 Å². The highest BCUT2D eigenvalue weighted by Gasteiger charge is 2.41. The number of benzene rings is 3. The van der Waals surface area contributed by atoms with Crippen molar-refractivity contribution in [2.24, 2.45) is 0 Å². The predicted octanol–water partition coefficient (Wildman–Crippen LogP) is 5.56. The van der Waals surface area contributed by atoms with Crippen LogP contribution >= 0.6 is 0 Å². The van der Waals surface area contributed by atoms with Gasteiger partial charge in [-0.3, -0.25) is 4.79 Å². The van der Waals surface area contributed by atoms with E-state index in [1.807, 2.05) is 60.1 Å². The van der Waals surface area contributed by atoms with Crippen LogP contribution in [0.25, 0.3) is 5.69 Å². The highest BCUT2D eigenvalue weighted by molar-refractivity contribution is 6.02. The van der Waals surface area contributed by atoms with Crippen LogP contribution in [0.3, 0.4) is 0 Å². The summed E-state index contributed by atoms with van der Waals surface area (Å²) in [6.45, 7) is 1.96. The van der Waals surface area contributed by atoms with E-state index in [-0.39, 0.29) is 29.1 Å². The molecule has 0 spiro atoms. The average molecular weight is 494 g/mol. The van der Waals surface area contributed by atoms with Crippen LogP contribution < -0.4 is 10.1 Å². The molecule has 37 heavy (non-hydrogen) atoms. The number of carbonyl (C=O) groups is 1. The van der Waals surface area contributed by atoms with Crippen molar-refractivity contribution in [2.75, 3.05) is 12.4 Å². The summed E-state index contributed by atoms with van der Waals surface area (Å²) in [5.74, 6) is 1.15. The molecule has 7 heteroatoms. The maximum atomic E-state index is 13.8. The Bertz CT molecular complexity index is 1540. The normalized spacial score (nSPS) is 18.7. The largest absolute Gasteiger partial charge is 0.508 e. The van der Waals surface area contributed by atoms with E-state index in [4.69, 9.17) is 9.84 Å². The third-order valence-electron chi connectivity index (χ3n) is 7.36. The number of ketones is 1. The zero-order valence-electron chi connectivity index (χ0n) is 20.6. The predicted molar refractivity (Wildman–Crippen MR) is 141 cm³/mol. The monoisotopic (exact) mass is 493 g/mol. The Morgan fingerprint density at radius 2 is 1.70 bits per heavy atom. The van der Waals surface area contributed by atoms with Gasteiger partial charge in [0, 0.05) is 29.2 Å². The number of aromatic nitrogens is 2. The molecule has 4 aromatic rings. The molecule has 6 rings (SSSR count). The molecule has 186 valence electrons. The first-order valence-electron chi connectivity index (χ1n) is 12.3. The number of carbonyl (C=O) groups excluding carboxylic acids is 1. The van der Waals surface area contributed by atoms with Crippen molar-refractivity contribution in [3.05, 3.63) is 106 Å². The number of phenols is 2. The highest BCUT2D eigenvalue weighted by Crippen LogP contribution is 2.50. The van der Waals surface area contributed by atoms with Crippen LogP contribution in [0.1, 0.15) is 47.1 Å². The lowest BCUT2D eigenvalue weighted by Crippen LogP contribution is -2.30. The van der Waals surface area contributed by atoms with E-state index >= 15 is 0 Å². The lowest BCUT2D eigenvalue weighted by atomic mass is 9.72. The lowest BCUT2D eigenvalue weighted by molar-refractivity contribution is -0.116. The van der Waals surface area contributed by atoms with Crippen LogP contribution in [0.4, 0.5) is 5.82 Å². The second-order valence-electron chi connectivity index (χ2n) is 9.60. The second kappa shape index (κ2) is 8.85. The first-order valence-corrected chi connectivity index (χ1v) is 12.3. The Balaban J connectivity index is 1.53. The van der Waals surface area contributed by atoms with Gasteiger partial charge < -0.3 is 20.3 Å². The minimum atomic E-state index is -0.355. The molecule has 0 bridgehead atoms. The number of aryl methyl sites for hydroxylation is 1. The number of hydrogen-bond acceptors (Lipinski definition) is 6. The molecule has 0 fully saturated rings. The molecule has 3 N–H and O–H groups in total. The highest BCUT2D eigenvalue weighted by atomic mass is 16.5. The van der Waals surface area contributed by atoms with Crippen molar-refractivity contribution in [2.45, 2.75) is 31.6 Å². The topological polar surface area (TPSA) is 96.6 Å². The molecule has 3 aromatic carbocycles. The molecule has 0 saturated heterocycles. The Hall–Kier alpha value is -4.52. The zero-order chi connectivity index (χ0) is 25.7. The van der Waals surface area contributed by atoms with Crippen molar-refractivity contribution in [1.29, 1.82) is 0 Å². The summed E-state index contributed by atoms with van der Waals surface area (Å²) < 4.78 is 7.31. The molecule has 7 nitrogen and oxygen atoms in total. The Morgan fingerprint density at radius 1 is 0.973 bits per heavy atom. The molecule has 0 saturated carbocycles. The van der Waals surface area contributed by atoms with Gasteiger partial charge in [0.25, 0.3) is 0 Å². The quantitative estimate of drug-likeness (QED) is 0.345.